The second-order valence-electron chi connectivity index (χ2n) is 13.8. The molecule has 0 aromatic heterocycles. The van der Waals surface area contributed by atoms with Crippen molar-refractivity contribution in [2.45, 2.75) is 82.4 Å². The van der Waals surface area contributed by atoms with E-state index in [2.05, 4.69) is 91.9 Å². The van der Waals surface area contributed by atoms with E-state index in [9.17, 15) is 27.4 Å². The van der Waals surface area contributed by atoms with E-state index in [1.807, 2.05) is 0 Å². The van der Waals surface area contributed by atoms with E-state index in [1.54, 1.807) is 6.07 Å². The van der Waals surface area contributed by atoms with Crippen LogP contribution in [0, 0.1) is 0 Å². The third-order valence-electron chi connectivity index (χ3n) is 9.75. The minimum absolute atomic E-state index is 0.0945. The summed E-state index contributed by atoms with van der Waals surface area (Å²) in [6.45, 7) is 12.6. The average molecular weight is 687 g/mol. The van der Waals surface area contributed by atoms with E-state index in [1.165, 1.54) is 41.2 Å². The van der Waals surface area contributed by atoms with E-state index < -0.39 is 15.5 Å². The molecule has 0 fully saturated rings. The lowest BCUT2D eigenvalue weighted by atomic mass is 9.81. The molecule has 0 spiro atoms. The second kappa shape index (κ2) is 14.2. The largest absolute Gasteiger partial charge is 0.744 e. The van der Waals surface area contributed by atoms with Crippen LogP contribution in [0.1, 0.15) is 77.8 Å². The summed E-state index contributed by atoms with van der Waals surface area (Å²) < 4.78 is 37.9. The summed E-state index contributed by atoms with van der Waals surface area (Å²) in [6, 6.07) is 13.1. The number of benzene rings is 2. The van der Waals surface area contributed by atoms with Crippen LogP contribution in [-0.4, -0.2) is 72.1 Å². The topological polar surface area (TPSA) is 130 Å². The summed E-state index contributed by atoms with van der Waals surface area (Å²) in [7, 11) is -4.58. The normalized spacial score (nSPS) is 18.7. The van der Waals surface area contributed by atoms with Gasteiger partial charge in [-0.25, -0.2) is 8.42 Å². The van der Waals surface area contributed by atoms with Crippen LogP contribution in [0.5, 0.6) is 0 Å². The van der Waals surface area contributed by atoms with Gasteiger partial charge in [0.2, 0.25) is 11.6 Å². The van der Waals surface area contributed by atoms with Gasteiger partial charge in [-0.2, -0.15) is 4.58 Å². The van der Waals surface area contributed by atoms with E-state index >= 15 is 0 Å². The first-order valence-electron chi connectivity index (χ1n) is 17.0. The molecule has 0 atom stereocenters. The van der Waals surface area contributed by atoms with Crippen molar-refractivity contribution < 1.29 is 31.9 Å². The summed E-state index contributed by atoms with van der Waals surface area (Å²) in [5.74, 6) is -0.799. The summed E-state index contributed by atoms with van der Waals surface area (Å²) in [4.78, 5) is 38.9. The number of carbonyl (C=O) groups is 3. The first-order chi connectivity index (χ1) is 23.2. The van der Waals surface area contributed by atoms with Gasteiger partial charge in [0.1, 0.15) is 16.7 Å². The second-order valence-corrected chi connectivity index (χ2v) is 15.2. The van der Waals surface area contributed by atoms with Crippen molar-refractivity contribution in [3.63, 3.8) is 0 Å². The van der Waals surface area contributed by atoms with Gasteiger partial charge in [0.25, 0.3) is 11.8 Å². The van der Waals surface area contributed by atoms with Crippen LogP contribution in [0.3, 0.4) is 0 Å². The van der Waals surface area contributed by atoms with Gasteiger partial charge in [0, 0.05) is 79.1 Å². The molecule has 2 aromatic carbocycles. The van der Waals surface area contributed by atoms with Crippen molar-refractivity contribution >= 4 is 44.9 Å². The molecule has 3 aliphatic heterocycles. The highest BCUT2D eigenvalue weighted by atomic mass is 32.2. The predicted octanol–water partition coefficient (Wildman–Crippen LogP) is 5.22. The van der Waals surface area contributed by atoms with Gasteiger partial charge in [-0.1, -0.05) is 45.0 Å². The summed E-state index contributed by atoms with van der Waals surface area (Å²) in [5, 5.41) is 2.81. The number of hydrogen-bond acceptors (Lipinski definition) is 7. The van der Waals surface area contributed by atoms with Gasteiger partial charge in [0.05, 0.1) is 10.3 Å². The number of amides is 3. The van der Waals surface area contributed by atoms with Crippen molar-refractivity contribution in [1.82, 2.24) is 10.2 Å². The lowest BCUT2D eigenvalue weighted by Gasteiger charge is -2.26. The fraction of sp³-hybridized carbons (Fsp3) is 0.421. The molecule has 0 bridgehead atoms. The van der Waals surface area contributed by atoms with Gasteiger partial charge < -0.3 is 14.8 Å². The maximum absolute atomic E-state index is 12.4. The molecular weight excluding hydrogens is 641 g/mol. The van der Waals surface area contributed by atoms with Crippen molar-refractivity contribution in [1.29, 1.82) is 0 Å². The van der Waals surface area contributed by atoms with Gasteiger partial charge in [-0.3, -0.25) is 19.3 Å². The zero-order valence-electron chi connectivity index (χ0n) is 29.0. The fourth-order valence-corrected chi connectivity index (χ4v) is 7.66. The number of imide groups is 1. The average Bonchev–Trinajstić information content (AvgIpc) is 3.56. The fourth-order valence-electron chi connectivity index (χ4n) is 7.17. The zero-order valence-corrected chi connectivity index (χ0v) is 29.8. The molecule has 3 aliphatic rings. The number of allylic oxidation sites excluding steroid dienone is 4. The van der Waals surface area contributed by atoms with Crippen LogP contribution in [0.2, 0.25) is 0 Å². The number of fused-ring (bicyclic) bond motifs is 2. The molecule has 10 nitrogen and oxygen atoms in total. The van der Waals surface area contributed by atoms with Crippen LogP contribution in [-0.2, 0) is 35.3 Å². The summed E-state index contributed by atoms with van der Waals surface area (Å²) in [5.41, 5.74) is 5.61. The molecule has 5 rings (SSSR count). The summed E-state index contributed by atoms with van der Waals surface area (Å²) >= 11 is 0. The quantitative estimate of drug-likeness (QED) is 0.125. The number of anilines is 1. The molecule has 2 aromatic rings. The Balaban J connectivity index is 1.29. The van der Waals surface area contributed by atoms with E-state index in [-0.39, 0.29) is 41.1 Å². The number of rotatable bonds is 14. The number of nitrogens with zero attached hydrogens (tertiary/aromatic N) is 3. The molecule has 3 heterocycles. The third kappa shape index (κ3) is 7.33. The SMILES string of the molecule is CCCN1/C(=C/C=C/C2=[N+](CCCCCC(=O)NCCN3C(=O)C=CC3=O)c3ccccc3C2(C)C)C(C)(C)c2cc(S(=O)(=O)[O-])ccc21. The molecule has 0 unspecified atom stereocenters. The monoisotopic (exact) mass is 686 g/mol. The molecule has 0 saturated carbocycles. The molecule has 0 saturated heterocycles. The number of nitrogens with one attached hydrogen (secondary N) is 1. The van der Waals surface area contributed by atoms with Gasteiger partial charge in [0.15, 0.2) is 5.71 Å². The molecule has 3 amide bonds. The van der Waals surface area contributed by atoms with Crippen LogP contribution >= 0.6 is 0 Å². The zero-order chi connectivity index (χ0) is 35.6. The van der Waals surface area contributed by atoms with Gasteiger partial charge >= 0.3 is 0 Å². The smallest absolute Gasteiger partial charge is 0.253 e. The molecule has 0 radical (unpaired) electrons. The minimum Gasteiger partial charge on any atom is -0.744 e. The molecule has 1 N–H and O–H groups in total. The van der Waals surface area contributed by atoms with E-state index in [0.717, 1.165) is 60.6 Å². The Bertz CT molecular complexity index is 1870. The standard InChI is InChI=1S/C38H46N4O6S/c1-6-23-40-31-19-18-27(49(46,47)48)26-29(31)38(4,5)33(40)16-12-15-32-37(2,3)28-13-9-10-14-30(28)41(32)24-11-7-8-17-34(43)39-22-25-42-35(44)20-21-36(42)45/h9-10,12-16,18-21,26H,6-8,11,17,22-25H2,1-5H3,(H-,39,43,46,47,48). The molecule has 0 aliphatic carbocycles. The van der Waals surface area contributed by atoms with Crippen molar-refractivity contribution in [2.75, 3.05) is 31.1 Å². The maximum Gasteiger partial charge on any atom is 0.253 e. The Morgan fingerprint density at radius 3 is 2.33 bits per heavy atom. The lowest BCUT2D eigenvalue weighted by Crippen LogP contribution is -2.38. The number of para-hydroxylation sites is 1. The molecule has 260 valence electrons. The van der Waals surface area contributed by atoms with Crippen molar-refractivity contribution in [3.8, 4) is 0 Å². The first-order valence-corrected chi connectivity index (χ1v) is 18.4. The Morgan fingerprint density at radius 2 is 1.63 bits per heavy atom. The Labute approximate surface area is 289 Å². The van der Waals surface area contributed by atoms with Gasteiger partial charge in [-0.05, 0) is 62.9 Å². The Hall–Kier alpha value is -4.35. The van der Waals surface area contributed by atoms with E-state index in [4.69, 9.17) is 0 Å². The maximum atomic E-state index is 12.4. The lowest BCUT2D eigenvalue weighted by molar-refractivity contribution is -0.438. The van der Waals surface area contributed by atoms with Gasteiger partial charge in [-0.15, -0.1) is 0 Å². The Morgan fingerprint density at radius 1 is 0.918 bits per heavy atom. The first kappa shape index (κ1) is 35.9. The number of carbonyl (C=O) groups excluding carboxylic acids is 3. The van der Waals surface area contributed by atoms with Crippen LogP contribution in [0.15, 0.2) is 83.4 Å². The highest BCUT2D eigenvalue weighted by molar-refractivity contribution is 7.85. The van der Waals surface area contributed by atoms with Crippen LogP contribution < -0.4 is 10.2 Å². The van der Waals surface area contributed by atoms with Crippen LogP contribution in [0.25, 0.3) is 0 Å². The molecule has 49 heavy (non-hydrogen) atoms. The van der Waals surface area contributed by atoms with Crippen molar-refractivity contribution in [2.24, 2.45) is 0 Å². The molecule has 11 heteroatoms. The number of unbranched alkanes of at least 4 members (excludes halogenated alkanes) is 2. The highest BCUT2D eigenvalue weighted by Crippen LogP contribution is 2.48. The minimum atomic E-state index is -4.58. The Kier molecular flexibility index (Phi) is 10.5. The van der Waals surface area contributed by atoms with Crippen molar-refractivity contribution in [3.05, 3.63) is 89.7 Å². The summed E-state index contributed by atoms with van der Waals surface area (Å²) in [6.07, 6.45) is 12.6. The van der Waals surface area contributed by atoms with E-state index in [0.29, 0.717) is 6.42 Å². The third-order valence-corrected chi connectivity index (χ3v) is 10.6. The predicted molar refractivity (Wildman–Crippen MR) is 189 cm³/mol. The highest BCUT2D eigenvalue weighted by Gasteiger charge is 2.44. The van der Waals surface area contributed by atoms with Crippen LogP contribution in [0.4, 0.5) is 11.4 Å². The number of hydrogen-bond donors (Lipinski definition) is 1. The molecular formula is C38H46N4O6S.